The molecule has 0 radical (unpaired) electrons. The van der Waals surface area contributed by atoms with Gasteiger partial charge in [0.05, 0.1) is 6.10 Å². The lowest BCUT2D eigenvalue weighted by molar-refractivity contribution is -0.141. The Morgan fingerprint density at radius 3 is 2.50 bits per heavy atom. The first-order chi connectivity index (χ1) is 5.63. The fourth-order valence-electron chi connectivity index (χ4n) is 1.74. The van der Waals surface area contributed by atoms with E-state index in [4.69, 9.17) is 10.8 Å². The van der Waals surface area contributed by atoms with Crippen LogP contribution in [0.25, 0.3) is 0 Å². The molecule has 0 aromatic rings. The van der Waals surface area contributed by atoms with Crippen LogP contribution in [-0.4, -0.2) is 28.3 Å². The van der Waals surface area contributed by atoms with Gasteiger partial charge in [0, 0.05) is 5.92 Å². The van der Waals surface area contributed by atoms with Gasteiger partial charge in [0.25, 0.3) is 0 Å². The minimum Gasteiger partial charge on any atom is -0.480 e. The molecule has 4 N–H and O–H groups in total. The normalized spacial score (nSPS) is 32.8. The monoisotopic (exact) mass is 173 g/mol. The first-order valence-corrected chi connectivity index (χ1v) is 4.29. The standard InChI is InChI=1S/C8H15NO3/c9-7(8(11)12)5-3-1-2-4-6(5)10/h5-7,10H,1-4,9H2,(H,11,12)/t5-,6+,7+/m0/s1. The summed E-state index contributed by atoms with van der Waals surface area (Å²) in [6, 6.07) is -0.903. The van der Waals surface area contributed by atoms with E-state index in [1.165, 1.54) is 0 Å². The molecular formula is C8H15NO3. The van der Waals surface area contributed by atoms with Crippen LogP contribution in [-0.2, 0) is 4.79 Å². The second kappa shape index (κ2) is 3.87. The van der Waals surface area contributed by atoms with Crippen molar-refractivity contribution < 1.29 is 15.0 Å². The average Bonchev–Trinajstić information content (AvgIpc) is 2.04. The van der Waals surface area contributed by atoms with E-state index in [-0.39, 0.29) is 5.92 Å². The Morgan fingerprint density at radius 1 is 1.42 bits per heavy atom. The summed E-state index contributed by atoms with van der Waals surface area (Å²) in [6.07, 6.45) is 2.84. The molecule has 4 heteroatoms. The highest BCUT2D eigenvalue weighted by atomic mass is 16.4. The molecule has 0 aromatic heterocycles. The summed E-state index contributed by atoms with van der Waals surface area (Å²) in [5.74, 6) is -1.27. The van der Waals surface area contributed by atoms with Crippen molar-refractivity contribution in [3.05, 3.63) is 0 Å². The zero-order valence-electron chi connectivity index (χ0n) is 6.94. The maximum Gasteiger partial charge on any atom is 0.320 e. The van der Waals surface area contributed by atoms with E-state index in [0.717, 1.165) is 19.3 Å². The van der Waals surface area contributed by atoms with Crippen LogP contribution < -0.4 is 5.73 Å². The van der Waals surface area contributed by atoms with Crippen molar-refractivity contribution in [3.63, 3.8) is 0 Å². The molecule has 0 saturated heterocycles. The van der Waals surface area contributed by atoms with E-state index in [1.54, 1.807) is 0 Å². The van der Waals surface area contributed by atoms with Crippen LogP contribution >= 0.6 is 0 Å². The molecule has 0 heterocycles. The Kier molecular flexibility index (Phi) is 3.05. The van der Waals surface area contributed by atoms with Crippen LogP contribution in [0.5, 0.6) is 0 Å². The van der Waals surface area contributed by atoms with Crippen LogP contribution in [0.15, 0.2) is 0 Å². The van der Waals surface area contributed by atoms with Gasteiger partial charge < -0.3 is 15.9 Å². The Balaban J connectivity index is 2.53. The molecule has 1 rings (SSSR count). The number of carboxylic acid groups (broad SMARTS) is 1. The molecule has 0 unspecified atom stereocenters. The van der Waals surface area contributed by atoms with Gasteiger partial charge in [-0.25, -0.2) is 0 Å². The van der Waals surface area contributed by atoms with Crippen molar-refractivity contribution >= 4 is 5.97 Å². The molecule has 70 valence electrons. The molecule has 1 saturated carbocycles. The number of nitrogens with two attached hydrogens (primary N) is 1. The van der Waals surface area contributed by atoms with Crippen LogP contribution in [0.1, 0.15) is 25.7 Å². The van der Waals surface area contributed by atoms with Crippen molar-refractivity contribution in [2.45, 2.75) is 37.8 Å². The third kappa shape index (κ3) is 1.95. The largest absolute Gasteiger partial charge is 0.480 e. The number of aliphatic hydroxyl groups is 1. The molecule has 4 nitrogen and oxygen atoms in total. The molecule has 1 aliphatic rings. The van der Waals surface area contributed by atoms with Crippen molar-refractivity contribution in [2.75, 3.05) is 0 Å². The topological polar surface area (TPSA) is 83.6 Å². The van der Waals surface area contributed by atoms with E-state index in [9.17, 15) is 9.90 Å². The molecule has 0 aliphatic heterocycles. The number of aliphatic carboxylic acids is 1. The molecule has 1 aliphatic carbocycles. The van der Waals surface area contributed by atoms with Gasteiger partial charge in [0.2, 0.25) is 0 Å². The Morgan fingerprint density at radius 2 is 2.00 bits per heavy atom. The molecule has 0 amide bonds. The first-order valence-electron chi connectivity index (χ1n) is 4.29. The fraction of sp³-hybridized carbons (Fsp3) is 0.875. The van der Waals surface area contributed by atoms with Crippen molar-refractivity contribution in [1.29, 1.82) is 0 Å². The highest BCUT2D eigenvalue weighted by molar-refractivity contribution is 5.73. The van der Waals surface area contributed by atoms with Crippen LogP contribution in [0, 0.1) is 5.92 Å². The lowest BCUT2D eigenvalue weighted by atomic mass is 9.82. The molecule has 12 heavy (non-hydrogen) atoms. The molecule has 1 fully saturated rings. The number of hydrogen-bond acceptors (Lipinski definition) is 3. The Hall–Kier alpha value is -0.610. The second-order valence-corrected chi connectivity index (χ2v) is 3.38. The summed E-state index contributed by atoms with van der Waals surface area (Å²) in [6.45, 7) is 0. The van der Waals surface area contributed by atoms with E-state index >= 15 is 0 Å². The molecular weight excluding hydrogens is 158 g/mol. The maximum atomic E-state index is 10.5. The fourth-order valence-corrected chi connectivity index (χ4v) is 1.74. The Labute approximate surface area is 71.4 Å². The highest BCUT2D eigenvalue weighted by Crippen LogP contribution is 2.26. The second-order valence-electron chi connectivity index (χ2n) is 3.38. The van der Waals surface area contributed by atoms with Crippen molar-refractivity contribution in [1.82, 2.24) is 0 Å². The summed E-state index contributed by atoms with van der Waals surface area (Å²) in [4.78, 5) is 10.5. The summed E-state index contributed by atoms with van der Waals surface area (Å²) in [5.41, 5.74) is 5.42. The zero-order valence-corrected chi connectivity index (χ0v) is 6.94. The van der Waals surface area contributed by atoms with Crippen molar-refractivity contribution in [3.8, 4) is 0 Å². The van der Waals surface area contributed by atoms with Crippen molar-refractivity contribution in [2.24, 2.45) is 11.7 Å². The van der Waals surface area contributed by atoms with Gasteiger partial charge in [0.1, 0.15) is 6.04 Å². The van der Waals surface area contributed by atoms with E-state index < -0.39 is 18.1 Å². The lowest BCUT2D eigenvalue weighted by Gasteiger charge is -2.29. The van der Waals surface area contributed by atoms with Crippen LogP contribution in [0.3, 0.4) is 0 Å². The summed E-state index contributed by atoms with van der Waals surface area (Å²) in [5, 5.41) is 18.1. The predicted molar refractivity (Wildman–Crippen MR) is 43.6 cm³/mol. The van der Waals surface area contributed by atoms with E-state index in [1.807, 2.05) is 0 Å². The summed E-state index contributed by atoms with van der Waals surface area (Å²) >= 11 is 0. The zero-order chi connectivity index (χ0) is 9.14. The minimum absolute atomic E-state index is 0.253. The quantitative estimate of drug-likeness (QED) is 0.546. The van der Waals surface area contributed by atoms with Gasteiger partial charge in [-0.2, -0.15) is 0 Å². The van der Waals surface area contributed by atoms with Crippen LogP contribution in [0.2, 0.25) is 0 Å². The van der Waals surface area contributed by atoms with Gasteiger partial charge in [-0.3, -0.25) is 4.79 Å². The minimum atomic E-state index is -1.01. The average molecular weight is 173 g/mol. The van der Waals surface area contributed by atoms with E-state index in [0.29, 0.717) is 6.42 Å². The third-order valence-electron chi connectivity index (χ3n) is 2.53. The van der Waals surface area contributed by atoms with Gasteiger partial charge >= 0.3 is 5.97 Å². The SMILES string of the molecule is N[C@@H](C(=O)O)[C@H]1CCCC[C@H]1O. The highest BCUT2D eigenvalue weighted by Gasteiger charge is 2.32. The summed E-state index contributed by atoms with van der Waals surface area (Å²) in [7, 11) is 0. The summed E-state index contributed by atoms with van der Waals surface area (Å²) < 4.78 is 0. The lowest BCUT2D eigenvalue weighted by Crippen LogP contribution is -2.45. The third-order valence-corrected chi connectivity index (χ3v) is 2.53. The van der Waals surface area contributed by atoms with E-state index in [2.05, 4.69) is 0 Å². The smallest absolute Gasteiger partial charge is 0.320 e. The maximum absolute atomic E-state index is 10.5. The first kappa shape index (κ1) is 9.48. The van der Waals surface area contributed by atoms with Gasteiger partial charge in [-0.1, -0.05) is 12.8 Å². The number of aliphatic hydroxyl groups excluding tert-OH is 1. The number of carboxylic acids is 1. The number of carbonyl (C=O) groups is 1. The number of rotatable bonds is 2. The van der Waals surface area contributed by atoms with Gasteiger partial charge in [-0.05, 0) is 12.8 Å². The Bertz CT molecular complexity index is 172. The predicted octanol–water partition coefficient (Wildman–Crippen LogP) is -0.0506. The molecule has 3 atom stereocenters. The van der Waals surface area contributed by atoms with Crippen LogP contribution in [0.4, 0.5) is 0 Å². The van der Waals surface area contributed by atoms with Gasteiger partial charge in [-0.15, -0.1) is 0 Å². The number of hydrogen-bond donors (Lipinski definition) is 3. The molecule has 0 aromatic carbocycles. The molecule has 0 spiro atoms. The molecule has 0 bridgehead atoms. The van der Waals surface area contributed by atoms with Gasteiger partial charge in [0.15, 0.2) is 0 Å².